The topological polar surface area (TPSA) is 26.3 Å². The van der Waals surface area contributed by atoms with Crippen LogP contribution >= 0.6 is 0 Å². The van der Waals surface area contributed by atoms with E-state index in [1.807, 2.05) is 13.8 Å². The van der Waals surface area contributed by atoms with E-state index in [2.05, 4.69) is 27.7 Å². The van der Waals surface area contributed by atoms with Crippen LogP contribution in [-0.4, -0.2) is 12.1 Å². The Morgan fingerprint density at radius 3 is 1.78 bits per heavy atom. The number of hydrogen-bond acceptors (Lipinski definition) is 2. The molecular formula is C21H42O2. The molecule has 0 spiro atoms. The van der Waals surface area contributed by atoms with E-state index in [1.54, 1.807) is 0 Å². The summed E-state index contributed by atoms with van der Waals surface area (Å²) in [5.41, 5.74) is 0. The van der Waals surface area contributed by atoms with Gasteiger partial charge < -0.3 is 4.74 Å². The maximum Gasteiger partial charge on any atom is 0.309 e. The average Bonchev–Trinajstić information content (AvgIpc) is 2.46. The van der Waals surface area contributed by atoms with Crippen molar-refractivity contribution in [1.29, 1.82) is 0 Å². The Balaban J connectivity index is 4.23. The summed E-state index contributed by atoms with van der Waals surface area (Å²) >= 11 is 0. The first kappa shape index (κ1) is 22.5. The van der Waals surface area contributed by atoms with Crippen LogP contribution in [0.4, 0.5) is 0 Å². The molecule has 0 aromatic rings. The molecule has 3 unspecified atom stereocenters. The Bertz CT molecular complexity index is 286. The molecule has 0 aromatic carbocycles. The molecule has 0 saturated heterocycles. The molecule has 0 aliphatic heterocycles. The normalized spacial score (nSPS) is 15.4. The minimum Gasteiger partial charge on any atom is -0.463 e. The standard InChI is InChI=1S/C21H42O2/c1-7-11-18(5)13-9-10-14-20(21(22)23-17(3)4)16-15-19(6)12-8-2/h17-20H,7-16H2,1-6H3. The number of ether oxygens (including phenoxy) is 1. The van der Waals surface area contributed by atoms with Crippen LogP contribution in [0.15, 0.2) is 0 Å². The van der Waals surface area contributed by atoms with E-state index in [0.29, 0.717) is 0 Å². The van der Waals surface area contributed by atoms with Crippen LogP contribution in [0.25, 0.3) is 0 Å². The molecule has 0 heterocycles. The van der Waals surface area contributed by atoms with Crippen molar-refractivity contribution in [3.63, 3.8) is 0 Å². The van der Waals surface area contributed by atoms with Gasteiger partial charge in [0.25, 0.3) is 0 Å². The summed E-state index contributed by atoms with van der Waals surface area (Å²) in [5.74, 6) is 1.69. The van der Waals surface area contributed by atoms with Crippen molar-refractivity contribution in [3.8, 4) is 0 Å². The molecule has 0 saturated carbocycles. The van der Waals surface area contributed by atoms with Crippen LogP contribution in [0.2, 0.25) is 0 Å². The molecule has 0 aliphatic rings. The second kappa shape index (κ2) is 13.9. The van der Waals surface area contributed by atoms with E-state index in [1.165, 1.54) is 38.5 Å². The Morgan fingerprint density at radius 2 is 1.26 bits per heavy atom. The first-order valence-electron chi connectivity index (χ1n) is 10.1. The fourth-order valence-corrected chi connectivity index (χ4v) is 3.35. The van der Waals surface area contributed by atoms with Gasteiger partial charge in [-0.15, -0.1) is 0 Å². The van der Waals surface area contributed by atoms with E-state index < -0.39 is 0 Å². The zero-order valence-corrected chi connectivity index (χ0v) is 16.7. The minimum absolute atomic E-state index is 0.00245. The van der Waals surface area contributed by atoms with Crippen molar-refractivity contribution >= 4 is 5.97 Å². The number of rotatable bonds is 14. The Morgan fingerprint density at radius 1 is 0.739 bits per heavy atom. The van der Waals surface area contributed by atoms with E-state index in [0.717, 1.165) is 37.5 Å². The lowest BCUT2D eigenvalue weighted by atomic mass is 9.90. The molecule has 0 fully saturated rings. The molecule has 138 valence electrons. The van der Waals surface area contributed by atoms with Gasteiger partial charge in [-0.25, -0.2) is 0 Å². The van der Waals surface area contributed by atoms with Crippen LogP contribution in [0.5, 0.6) is 0 Å². The lowest BCUT2D eigenvalue weighted by Crippen LogP contribution is -2.22. The number of esters is 1. The van der Waals surface area contributed by atoms with Crippen molar-refractivity contribution in [2.45, 2.75) is 112 Å². The molecule has 3 atom stereocenters. The van der Waals surface area contributed by atoms with Crippen molar-refractivity contribution < 1.29 is 9.53 Å². The Labute approximate surface area is 145 Å². The fourth-order valence-electron chi connectivity index (χ4n) is 3.35. The third-order valence-corrected chi connectivity index (χ3v) is 4.76. The molecule has 0 aromatic heterocycles. The first-order valence-corrected chi connectivity index (χ1v) is 10.1. The van der Waals surface area contributed by atoms with E-state index in [-0.39, 0.29) is 18.0 Å². The van der Waals surface area contributed by atoms with Gasteiger partial charge in [-0.1, -0.05) is 72.6 Å². The Kier molecular flexibility index (Phi) is 13.5. The molecule has 0 amide bonds. The van der Waals surface area contributed by atoms with Crippen LogP contribution in [-0.2, 0) is 9.53 Å². The van der Waals surface area contributed by atoms with Gasteiger partial charge in [0.1, 0.15) is 0 Å². The number of carbonyl (C=O) groups excluding carboxylic acids is 1. The molecule has 23 heavy (non-hydrogen) atoms. The second-order valence-corrected chi connectivity index (χ2v) is 7.83. The SMILES string of the molecule is CCCC(C)CCCCC(CCC(C)CCC)C(=O)OC(C)C. The van der Waals surface area contributed by atoms with Crippen molar-refractivity contribution in [1.82, 2.24) is 0 Å². The van der Waals surface area contributed by atoms with Crippen molar-refractivity contribution in [3.05, 3.63) is 0 Å². The molecule has 2 nitrogen and oxygen atoms in total. The minimum atomic E-state index is 0.00245. The van der Waals surface area contributed by atoms with Gasteiger partial charge in [-0.3, -0.25) is 4.79 Å². The predicted octanol–water partition coefficient (Wildman–Crippen LogP) is 6.77. The maximum atomic E-state index is 12.3. The monoisotopic (exact) mass is 326 g/mol. The third-order valence-electron chi connectivity index (χ3n) is 4.76. The predicted molar refractivity (Wildman–Crippen MR) is 101 cm³/mol. The molecule has 0 bridgehead atoms. The van der Waals surface area contributed by atoms with Gasteiger partial charge >= 0.3 is 5.97 Å². The van der Waals surface area contributed by atoms with E-state index in [4.69, 9.17) is 4.74 Å². The lowest BCUT2D eigenvalue weighted by molar-refractivity contribution is -0.153. The van der Waals surface area contributed by atoms with Gasteiger partial charge in [-0.2, -0.15) is 0 Å². The van der Waals surface area contributed by atoms with Gasteiger partial charge in [0.05, 0.1) is 12.0 Å². The third kappa shape index (κ3) is 12.5. The van der Waals surface area contributed by atoms with E-state index in [9.17, 15) is 4.79 Å². The maximum absolute atomic E-state index is 12.3. The summed E-state index contributed by atoms with van der Waals surface area (Å²) in [4.78, 5) is 12.3. The summed E-state index contributed by atoms with van der Waals surface area (Å²) in [6.45, 7) is 13.0. The highest BCUT2D eigenvalue weighted by Crippen LogP contribution is 2.24. The summed E-state index contributed by atoms with van der Waals surface area (Å²) < 4.78 is 5.48. The highest BCUT2D eigenvalue weighted by molar-refractivity contribution is 5.72. The number of hydrogen-bond donors (Lipinski definition) is 0. The molecule has 0 N–H and O–H groups in total. The highest BCUT2D eigenvalue weighted by Gasteiger charge is 2.21. The quantitative estimate of drug-likeness (QED) is 0.260. The van der Waals surface area contributed by atoms with Gasteiger partial charge in [0, 0.05) is 0 Å². The Hall–Kier alpha value is -0.530. The second-order valence-electron chi connectivity index (χ2n) is 7.83. The van der Waals surface area contributed by atoms with Crippen molar-refractivity contribution in [2.75, 3.05) is 0 Å². The van der Waals surface area contributed by atoms with E-state index >= 15 is 0 Å². The van der Waals surface area contributed by atoms with Gasteiger partial charge in [0.2, 0.25) is 0 Å². The molecule has 0 rings (SSSR count). The summed E-state index contributed by atoms with van der Waals surface area (Å²) in [7, 11) is 0. The van der Waals surface area contributed by atoms with Gasteiger partial charge in [0.15, 0.2) is 0 Å². The smallest absolute Gasteiger partial charge is 0.309 e. The van der Waals surface area contributed by atoms with Crippen molar-refractivity contribution in [2.24, 2.45) is 17.8 Å². The summed E-state index contributed by atoms with van der Waals surface area (Å²) in [6, 6.07) is 0. The van der Waals surface area contributed by atoms with Gasteiger partial charge in [-0.05, 0) is 44.9 Å². The molecule has 0 radical (unpaired) electrons. The summed E-state index contributed by atoms with van der Waals surface area (Å²) in [5, 5.41) is 0. The largest absolute Gasteiger partial charge is 0.463 e. The van der Waals surface area contributed by atoms with Crippen LogP contribution in [0.1, 0.15) is 106 Å². The van der Waals surface area contributed by atoms with Crippen LogP contribution in [0.3, 0.4) is 0 Å². The first-order chi connectivity index (χ1) is 10.9. The number of carbonyl (C=O) groups is 1. The van der Waals surface area contributed by atoms with Crippen LogP contribution in [0, 0.1) is 17.8 Å². The van der Waals surface area contributed by atoms with Crippen LogP contribution < -0.4 is 0 Å². The highest BCUT2D eigenvalue weighted by atomic mass is 16.5. The zero-order valence-electron chi connectivity index (χ0n) is 16.7. The fraction of sp³-hybridized carbons (Fsp3) is 0.952. The summed E-state index contributed by atoms with van der Waals surface area (Å²) in [6.07, 6.45) is 12.0. The zero-order chi connectivity index (χ0) is 17.7. The molecular weight excluding hydrogens is 284 g/mol. The number of unbranched alkanes of at least 4 members (excludes halogenated alkanes) is 1. The molecule has 2 heteroatoms. The molecule has 0 aliphatic carbocycles. The lowest BCUT2D eigenvalue weighted by Gasteiger charge is -2.20. The average molecular weight is 327 g/mol.